The molecule has 1 aliphatic heterocycles. The van der Waals surface area contributed by atoms with Gasteiger partial charge in [-0.05, 0) is 41.8 Å². The van der Waals surface area contributed by atoms with Crippen molar-refractivity contribution in [2.75, 3.05) is 20.4 Å². The molecule has 7 heteroatoms. The van der Waals surface area contributed by atoms with Gasteiger partial charge in [0.25, 0.3) is 0 Å². The lowest BCUT2D eigenvalue weighted by Crippen LogP contribution is -2.40. The molecule has 2 aromatic carbocycles. The average Bonchev–Trinajstić information content (AvgIpc) is 3.14. The van der Waals surface area contributed by atoms with Crippen LogP contribution in [0.15, 0.2) is 42.5 Å². The third kappa shape index (κ3) is 4.44. The van der Waals surface area contributed by atoms with Crippen molar-refractivity contribution in [3.05, 3.63) is 53.6 Å². The molecule has 2 aromatic rings. The SMILES string of the molecule is COc1cccc(CCNC(=O)C(=O)NCc2ccc3c(c2)OCO3)c1. The maximum Gasteiger partial charge on any atom is 0.309 e. The topological polar surface area (TPSA) is 85.9 Å². The van der Waals surface area contributed by atoms with Gasteiger partial charge >= 0.3 is 11.8 Å². The second kappa shape index (κ2) is 8.24. The Kier molecular flexibility index (Phi) is 5.58. The van der Waals surface area contributed by atoms with Gasteiger partial charge in [-0.15, -0.1) is 0 Å². The minimum absolute atomic E-state index is 0.195. The summed E-state index contributed by atoms with van der Waals surface area (Å²) >= 11 is 0. The Morgan fingerprint density at radius 3 is 2.65 bits per heavy atom. The van der Waals surface area contributed by atoms with Crippen LogP contribution in [-0.2, 0) is 22.6 Å². The number of carbonyl (C=O) groups excluding carboxylic acids is 2. The fourth-order valence-corrected chi connectivity index (χ4v) is 2.54. The summed E-state index contributed by atoms with van der Waals surface area (Å²) in [5.41, 5.74) is 1.84. The van der Waals surface area contributed by atoms with E-state index in [-0.39, 0.29) is 13.3 Å². The van der Waals surface area contributed by atoms with Crippen LogP contribution in [0.4, 0.5) is 0 Å². The first-order chi connectivity index (χ1) is 12.7. The summed E-state index contributed by atoms with van der Waals surface area (Å²) in [6, 6.07) is 12.9. The highest BCUT2D eigenvalue weighted by Crippen LogP contribution is 2.32. The van der Waals surface area contributed by atoms with Gasteiger partial charge in [0.2, 0.25) is 6.79 Å². The molecular formula is C19H20N2O5. The summed E-state index contributed by atoms with van der Waals surface area (Å²) in [5.74, 6) is 0.743. The van der Waals surface area contributed by atoms with Crippen molar-refractivity contribution in [3.8, 4) is 17.2 Å². The van der Waals surface area contributed by atoms with Crippen LogP contribution in [0.5, 0.6) is 17.2 Å². The number of rotatable bonds is 6. The third-order valence-corrected chi connectivity index (χ3v) is 3.93. The minimum atomic E-state index is -0.673. The molecule has 3 rings (SSSR count). The number of ether oxygens (including phenoxy) is 3. The standard InChI is InChI=1S/C19H20N2O5/c1-24-15-4-2-3-13(9-15)7-8-20-18(22)19(23)21-11-14-5-6-16-17(10-14)26-12-25-16/h2-6,9-10H,7-8,11-12H2,1H3,(H,20,22)(H,21,23). The molecule has 0 spiro atoms. The third-order valence-electron chi connectivity index (χ3n) is 3.93. The van der Waals surface area contributed by atoms with Crippen LogP contribution in [0, 0.1) is 0 Å². The Hall–Kier alpha value is -3.22. The Labute approximate surface area is 151 Å². The second-order valence-corrected chi connectivity index (χ2v) is 5.73. The molecule has 1 aliphatic rings. The van der Waals surface area contributed by atoms with Gasteiger partial charge in [0, 0.05) is 13.1 Å². The van der Waals surface area contributed by atoms with E-state index in [0.717, 1.165) is 16.9 Å². The molecule has 0 aliphatic carbocycles. The molecule has 136 valence electrons. The highest BCUT2D eigenvalue weighted by atomic mass is 16.7. The monoisotopic (exact) mass is 356 g/mol. The number of hydrogen-bond donors (Lipinski definition) is 2. The quantitative estimate of drug-likeness (QED) is 0.764. The number of nitrogens with one attached hydrogen (secondary N) is 2. The Bertz CT molecular complexity index is 806. The van der Waals surface area contributed by atoms with Crippen molar-refractivity contribution in [1.29, 1.82) is 0 Å². The van der Waals surface area contributed by atoms with E-state index in [0.29, 0.717) is 24.5 Å². The largest absolute Gasteiger partial charge is 0.497 e. The molecule has 2 N–H and O–H groups in total. The Balaban J connectivity index is 1.42. The molecular weight excluding hydrogens is 336 g/mol. The van der Waals surface area contributed by atoms with Crippen molar-refractivity contribution in [2.45, 2.75) is 13.0 Å². The van der Waals surface area contributed by atoms with Crippen LogP contribution in [0.1, 0.15) is 11.1 Å². The number of carbonyl (C=O) groups is 2. The predicted molar refractivity (Wildman–Crippen MR) is 94.1 cm³/mol. The summed E-state index contributed by atoms with van der Waals surface area (Å²) in [7, 11) is 1.60. The van der Waals surface area contributed by atoms with Gasteiger partial charge in [-0.25, -0.2) is 0 Å². The van der Waals surface area contributed by atoms with Gasteiger partial charge in [-0.1, -0.05) is 18.2 Å². The predicted octanol–water partition coefficient (Wildman–Crippen LogP) is 1.40. The first kappa shape index (κ1) is 17.6. The second-order valence-electron chi connectivity index (χ2n) is 5.73. The molecule has 0 aromatic heterocycles. The van der Waals surface area contributed by atoms with Crippen LogP contribution in [0.3, 0.4) is 0 Å². The van der Waals surface area contributed by atoms with Crippen LogP contribution in [0.25, 0.3) is 0 Å². The first-order valence-corrected chi connectivity index (χ1v) is 8.23. The maximum atomic E-state index is 11.9. The zero-order valence-electron chi connectivity index (χ0n) is 14.4. The van der Waals surface area contributed by atoms with Crippen molar-refractivity contribution in [3.63, 3.8) is 0 Å². The summed E-state index contributed by atoms with van der Waals surface area (Å²) in [5, 5.41) is 5.20. The lowest BCUT2D eigenvalue weighted by Gasteiger charge is -2.08. The summed E-state index contributed by atoms with van der Waals surface area (Å²) < 4.78 is 15.7. The van der Waals surface area contributed by atoms with Gasteiger partial charge in [0.1, 0.15) is 5.75 Å². The van der Waals surface area contributed by atoms with E-state index in [1.807, 2.05) is 30.3 Å². The minimum Gasteiger partial charge on any atom is -0.497 e. The molecule has 2 amide bonds. The normalized spacial score (nSPS) is 11.7. The number of methoxy groups -OCH3 is 1. The zero-order chi connectivity index (χ0) is 18.4. The van der Waals surface area contributed by atoms with Crippen molar-refractivity contribution in [1.82, 2.24) is 10.6 Å². The highest BCUT2D eigenvalue weighted by molar-refractivity contribution is 6.35. The number of benzene rings is 2. The molecule has 7 nitrogen and oxygen atoms in total. The van der Waals surface area contributed by atoms with Gasteiger partial charge in [0.15, 0.2) is 11.5 Å². The van der Waals surface area contributed by atoms with Crippen LogP contribution >= 0.6 is 0 Å². The average molecular weight is 356 g/mol. The summed E-state index contributed by atoms with van der Waals surface area (Å²) in [6.07, 6.45) is 0.610. The van der Waals surface area contributed by atoms with Crippen molar-refractivity contribution < 1.29 is 23.8 Å². The zero-order valence-corrected chi connectivity index (χ0v) is 14.4. The summed E-state index contributed by atoms with van der Waals surface area (Å²) in [6.45, 7) is 0.795. The van der Waals surface area contributed by atoms with E-state index in [4.69, 9.17) is 14.2 Å². The van der Waals surface area contributed by atoms with Gasteiger partial charge in [-0.3, -0.25) is 9.59 Å². The molecule has 0 bridgehead atoms. The van der Waals surface area contributed by atoms with Crippen molar-refractivity contribution in [2.24, 2.45) is 0 Å². The van der Waals surface area contributed by atoms with E-state index in [1.165, 1.54) is 0 Å². The fourth-order valence-electron chi connectivity index (χ4n) is 2.54. The van der Waals surface area contributed by atoms with Gasteiger partial charge in [0.05, 0.1) is 7.11 Å². The molecule has 26 heavy (non-hydrogen) atoms. The Morgan fingerprint density at radius 1 is 1.00 bits per heavy atom. The van der Waals surface area contributed by atoms with Gasteiger partial charge in [-0.2, -0.15) is 0 Å². The first-order valence-electron chi connectivity index (χ1n) is 8.23. The molecule has 0 atom stereocenters. The van der Waals surface area contributed by atoms with E-state index in [9.17, 15) is 9.59 Å². The van der Waals surface area contributed by atoms with Crippen LogP contribution in [0.2, 0.25) is 0 Å². The highest BCUT2D eigenvalue weighted by Gasteiger charge is 2.15. The smallest absolute Gasteiger partial charge is 0.309 e. The van der Waals surface area contributed by atoms with E-state index >= 15 is 0 Å². The van der Waals surface area contributed by atoms with Crippen molar-refractivity contribution >= 4 is 11.8 Å². The van der Waals surface area contributed by atoms with E-state index in [1.54, 1.807) is 19.2 Å². The van der Waals surface area contributed by atoms with Gasteiger partial charge < -0.3 is 24.8 Å². The van der Waals surface area contributed by atoms with E-state index < -0.39 is 11.8 Å². The fraction of sp³-hybridized carbons (Fsp3) is 0.263. The Morgan fingerprint density at radius 2 is 1.81 bits per heavy atom. The number of hydrogen-bond acceptors (Lipinski definition) is 5. The lowest BCUT2D eigenvalue weighted by atomic mass is 10.1. The molecule has 0 radical (unpaired) electrons. The molecule has 0 unspecified atom stereocenters. The molecule has 0 saturated heterocycles. The molecule has 1 heterocycles. The van der Waals surface area contributed by atoms with E-state index in [2.05, 4.69) is 10.6 Å². The maximum absolute atomic E-state index is 11.9. The molecule has 0 fully saturated rings. The lowest BCUT2D eigenvalue weighted by molar-refractivity contribution is -0.139. The number of fused-ring (bicyclic) bond motifs is 1. The van der Waals surface area contributed by atoms with Crippen LogP contribution in [-0.4, -0.2) is 32.3 Å². The van der Waals surface area contributed by atoms with Crippen LogP contribution < -0.4 is 24.8 Å². The number of amides is 2. The molecule has 0 saturated carbocycles. The summed E-state index contributed by atoms with van der Waals surface area (Å²) in [4.78, 5) is 23.8.